The molecule has 3 amide bonds. The van der Waals surface area contributed by atoms with E-state index in [1.165, 1.54) is 23.5 Å². The monoisotopic (exact) mass is 508 g/mol. The van der Waals surface area contributed by atoms with Crippen molar-refractivity contribution in [2.45, 2.75) is 63.7 Å². The molecule has 0 aliphatic carbocycles. The Labute approximate surface area is 202 Å². The highest BCUT2D eigenvalue weighted by Crippen LogP contribution is 2.10. The van der Waals surface area contributed by atoms with Gasteiger partial charge in [-0.05, 0) is 42.8 Å². The summed E-state index contributed by atoms with van der Waals surface area (Å²) in [6, 6.07) is -4.46. The summed E-state index contributed by atoms with van der Waals surface area (Å²) in [4.78, 5) is 60.4. The molecule has 33 heavy (non-hydrogen) atoms. The lowest BCUT2D eigenvalue weighted by Gasteiger charge is -2.26. The normalized spacial score (nSPS) is 15.4. The van der Waals surface area contributed by atoms with E-state index in [0.717, 1.165) is 0 Å². The van der Waals surface area contributed by atoms with Crippen LogP contribution in [0.25, 0.3) is 0 Å². The molecule has 0 rings (SSSR count). The fraction of sp³-hybridized carbons (Fsp3) is 0.750. The van der Waals surface area contributed by atoms with Gasteiger partial charge in [0.1, 0.15) is 18.1 Å². The molecule has 0 aromatic heterocycles. The zero-order valence-electron chi connectivity index (χ0n) is 19.5. The molecule has 190 valence electrons. The molecule has 0 aromatic rings. The molecule has 0 saturated carbocycles. The van der Waals surface area contributed by atoms with Crippen LogP contribution in [0.4, 0.5) is 0 Å². The average Bonchev–Trinajstić information content (AvgIpc) is 2.75. The van der Waals surface area contributed by atoms with Crippen LogP contribution in [0.15, 0.2) is 0 Å². The van der Waals surface area contributed by atoms with E-state index in [1.807, 2.05) is 19.4 Å². The zero-order valence-corrected chi connectivity index (χ0v) is 21.1. The summed E-state index contributed by atoms with van der Waals surface area (Å²) in [5.74, 6) is -3.71. The molecule has 0 aromatic carbocycles. The van der Waals surface area contributed by atoms with E-state index >= 15 is 0 Å². The van der Waals surface area contributed by atoms with Gasteiger partial charge in [0.05, 0.1) is 12.5 Å². The summed E-state index contributed by atoms with van der Waals surface area (Å²) < 4.78 is 0. The summed E-state index contributed by atoms with van der Waals surface area (Å²) in [5.41, 5.74) is 5.58. The first-order valence-electron chi connectivity index (χ1n) is 10.6. The van der Waals surface area contributed by atoms with Crippen LogP contribution in [-0.2, 0) is 24.0 Å². The van der Waals surface area contributed by atoms with Gasteiger partial charge in [0.2, 0.25) is 17.7 Å². The molecular weight excluding hydrogens is 472 g/mol. The van der Waals surface area contributed by atoms with Gasteiger partial charge in [-0.1, -0.05) is 20.3 Å². The summed E-state index contributed by atoms with van der Waals surface area (Å²) in [7, 11) is 0. The second-order valence-corrected chi connectivity index (χ2v) is 9.57. The van der Waals surface area contributed by atoms with E-state index in [2.05, 4.69) is 16.0 Å². The molecule has 0 radical (unpaired) electrons. The maximum Gasteiger partial charge on any atom is 0.326 e. The van der Waals surface area contributed by atoms with Crippen molar-refractivity contribution in [2.24, 2.45) is 11.7 Å². The van der Waals surface area contributed by atoms with Gasteiger partial charge in [-0.15, -0.1) is 0 Å². The number of nitrogens with two attached hydrogens (primary N) is 1. The van der Waals surface area contributed by atoms with Crippen molar-refractivity contribution in [3.8, 4) is 0 Å². The summed E-state index contributed by atoms with van der Waals surface area (Å²) in [6.45, 7) is 3.52. The largest absolute Gasteiger partial charge is 0.481 e. The average molecular weight is 509 g/mol. The van der Waals surface area contributed by atoms with Crippen LogP contribution < -0.4 is 21.7 Å². The Kier molecular flexibility index (Phi) is 15.6. The lowest BCUT2D eigenvalue weighted by Crippen LogP contribution is -2.58. The molecule has 5 unspecified atom stereocenters. The smallest absolute Gasteiger partial charge is 0.326 e. The Hall–Kier alpha value is -1.99. The Morgan fingerprint density at radius 1 is 0.848 bits per heavy atom. The molecule has 13 heteroatoms. The molecule has 0 aliphatic rings. The molecule has 0 fully saturated rings. The van der Waals surface area contributed by atoms with Crippen molar-refractivity contribution in [2.75, 3.05) is 24.0 Å². The Bertz CT molecular complexity index is 681. The van der Waals surface area contributed by atoms with Gasteiger partial charge in [-0.3, -0.25) is 19.2 Å². The van der Waals surface area contributed by atoms with Crippen molar-refractivity contribution < 1.29 is 34.2 Å². The summed E-state index contributed by atoms with van der Waals surface area (Å²) >= 11 is 2.91. The number of amides is 3. The number of carboxylic acid groups (broad SMARTS) is 2. The van der Waals surface area contributed by atoms with E-state index < -0.39 is 60.2 Å². The number of hydrogen-bond acceptors (Lipinski definition) is 8. The third-order valence-electron chi connectivity index (χ3n) is 5.00. The predicted molar refractivity (Wildman–Crippen MR) is 129 cm³/mol. The lowest BCUT2D eigenvalue weighted by molar-refractivity contribution is -0.143. The van der Waals surface area contributed by atoms with Crippen LogP contribution in [0.3, 0.4) is 0 Å². The number of carboxylic acids is 2. The molecule has 11 nitrogen and oxygen atoms in total. The Morgan fingerprint density at radius 2 is 1.30 bits per heavy atom. The van der Waals surface area contributed by atoms with E-state index in [0.29, 0.717) is 17.9 Å². The zero-order chi connectivity index (χ0) is 25.6. The highest BCUT2D eigenvalue weighted by molar-refractivity contribution is 7.98. The van der Waals surface area contributed by atoms with E-state index in [1.54, 1.807) is 6.92 Å². The molecule has 0 bridgehead atoms. The number of hydrogen-bond donors (Lipinski definition) is 6. The van der Waals surface area contributed by atoms with Crippen molar-refractivity contribution in [1.82, 2.24) is 16.0 Å². The van der Waals surface area contributed by atoms with Crippen molar-refractivity contribution in [3.05, 3.63) is 0 Å². The fourth-order valence-corrected chi connectivity index (χ4v) is 3.72. The van der Waals surface area contributed by atoms with Gasteiger partial charge in [0.25, 0.3) is 0 Å². The minimum atomic E-state index is -1.32. The van der Waals surface area contributed by atoms with Gasteiger partial charge in [0.15, 0.2) is 0 Å². The van der Waals surface area contributed by atoms with Crippen molar-refractivity contribution >= 4 is 53.2 Å². The van der Waals surface area contributed by atoms with E-state index in [9.17, 15) is 29.1 Å². The van der Waals surface area contributed by atoms with Crippen LogP contribution in [-0.4, -0.2) is 88.1 Å². The van der Waals surface area contributed by atoms with E-state index in [-0.39, 0.29) is 18.8 Å². The summed E-state index contributed by atoms with van der Waals surface area (Å²) in [5, 5.41) is 25.8. The number of carbonyl (C=O) groups excluding carboxylic acids is 3. The first kappa shape index (κ1) is 31.0. The first-order valence-corrected chi connectivity index (χ1v) is 13.4. The minimum absolute atomic E-state index is 0.236. The molecule has 0 saturated heterocycles. The number of thioether (sulfide) groups is 2. The molecule has 5 atom stereocenters. The van der Waals surface area contributed by atoms with Crippen LogP contribution in [0.5, 0.6) is 0 Å². The highest BCUT2D eigenvalue weighted by Gasteiger charge is 2.31. The Morgan fingerprint density at radius 3 is 1.70 bits per heavy atom. The van der Waals surface area contributed by atoms with Crippen LogP contribution >= 0.6 is 23.5 Å². The van der Waals surface area contributed by atoms with Gasteiger partial charge in [-0.25, -0.2) is 4.79 Å². The maximum atomic E-state index is 12.9. The second-order valence-electron chi connectivity index (χ2n) is 7.60. The fourth-order valence-electron chi connectivity index (χ4n) is 2.78. The predicted octanol–water partition coefficient (Wildman–Crippen LogP) is -0.120. The minimum Gasteiger partial charge on any atom is -0.481 e. The molecule has 0 aliphatic heterocycles. The van der Waals surface area contributed by atoms with Gasteiger partial charge < -0.3 is 31.9 Å². The number of carbonyl (C=O) groups is 5. The van der Waals surface area contributed by atoms with Crippen LogP contribution in [0, 0.1) is 5.92 Å². The van der Waals surface area contributed by atoms with E-state index in [4.69, 9.17) is 10.8 Å². The van der Waals surface area contributed by atoms with Gasteiger partial charge in [0, 0.05) is 0 Å². The second kappa shape index (κ2) is 16.6. The van der Waals surface area contributed by atoms with Gasteiger partial charge in [-0.2, -0.15) is 23.5 Å². The van der Waals surface area contributed by atoms with Gasteiger partial charge >= 0.3 is 11.9 Å². The first-order chi connectivity index (χ1) is 15.5. The lowest BCUT2D eigenvalue weighted by atomic mass is 9.98. The summed E-state index contributed by atoms with van der Waals surface area (Å²) in [6.07, 6.45) is 4.10. The quantitative estimate of drug-likeness (QED) is 0.154. The number of aliphatic carboxylic acids is 2. The number of rotatable bonds is 17. The third kappa shape index (κ3) is 12.2. The maximum absolute atomic E-state index is 12.9. The van der Waals surface area contributed by atoms with Crippen LogP contribution in [0.1, 0.15) is 39.5 Å². The number of nitrogens with one attached hydrogen (secondary N) is 3. The highest BCUT2D eigenvalue weighted by atomic mass is 32.2. The molecular formula is C20H36N4O7S2. The van der Waals surface area contributed by atoms with Crippen molar-refractivity contribution in [3.63, 3.8) is 0 Å². The van der Waals surface area contributed by atoms with Crippen LogP contribution in [0.2, 0.25) is 0 Å². The SMILES string of the molecule is CCC(C)C(NC(=O)C(CCSC)NC(=O)C(CCSC)NC(=O)C(N)CC(=O)O)C(=O)O. The molecule has 0 spiro atoms. The topological polar surface area (TPSA) is 188 Å². The Balaban J connectivity index is 5.47. The molecule has 0 heterocycles. The third-order valence-corrected chi connectivity index (χ3v) is 6.28. The molecule has 7 N–H and O–H groups in total. The van der Waals surface area contributed by atoms with Crippen molar-refractivity contribution in [1.29, 1.82) is 0 Å². The standard InChI is InChI=1S/C20H36N4O7S2/c1-5-11(2)16(20(30)31)24-19(29)14(7-9-33-4)23-18(28)13(6-8-32-3)22-17(27)12(21)10-15(25)26/h11-14,16H,5-10,21H2,1-4H3,(H,22,27)(H,23,28)(H,24,29)(H,25,26)(H,30,31).